The molecule has 1 aliphatic heterocycles. The van der Waals surface area contributed by atoms with E-state index >= 15 is 0 Å². The zero-order valence-electron chi connectivity index (χ0n) is 16.0. The molecule has 0 aromatic heterocycles. The summed E-state index contributed by atoms with van der Waals surface area (Å²) in [5.74, 6) is -1.36. The number of esters is 1. The van der Waals surface area contributed by atoms with Crippen LogP contribution in [-0.2, 0) is 27.2 Å². The van der Waals surface area contributed by atoms with E-state index < -0.39 is 5.97 Å². The van der Waals surface area contributed by atoms with Gasteiger partial charge in [0.05, 0.1) is 11.3 Å². The quantitative estimate of drug-likeness (QED) is 0.444. The van der Waals surface area contributed by atoms with Crippen LogP contribution in [0.5, 0.6) is 0 Å². The largest absolute Gasteiger partial charge is 0.454 e. The molecule has 148 valence electrons. The van der Waals surface area contributed by atoms with Gasteiger partial charge in [0, 0.05) is 18.4 Å². The van der Waals surface area contributed by atoms with E-state index in [0.717, 1.165) is 24.2 Å². The number of benzene rings is 2. The molecule has 1 aliphatic carbocycles. The zero-order valence-corrected chi connectivity index (χ0v) is 16.0. The smallest absolute Gasteiger partial charge is 0.338 e. The van der Waals surface area contributed by atoms with Crippen LogP contribution in [0.4, 0.5) is 5.69 Å². The Hall–Kier alpha value is -3.28. The maximum Gasteiger partial charge on any atom is 0.338 e. The summed E-state index contributed by atoms with van der Waals surface area (Å²) in [5.41, 5.74) is 3.74. The third-order valence-electron chi connectivity index (χ3n) is 5.42. The second-order valence-electron chi connectivity index (χ2n) is 7.36. The number of hydrogen-bond acceptors (Lipinski definition) is 5. The minimum Gasteiger partial charge on any atom is -0.454 e. The number of imide groups is 1. The lowest BCUT2D eigenvalue weighted by molar-refractivity contribution is -0.121. The predicted octanol–water partition coefficient (Wildman–Crippen LogP) is 3.26. The zero-order chi connectivity index (χ0) is 20.4. The van der Waals surface area contributed by atoms with Crippen molar-refractivity contribution in [3.05, 3.63) is 64.7 Å². The number of rotatable bonds is 5. The minimum atomic E-state index is -0.623. The molecule has 0 radical (unpaired) electrons. The average Bonchev–Trinajstić information content (AvgIpc) is 3.09. The Bertz CT molecular complexity index is 977. The van der Waals surface area contributed by atoms with Gasteiger partial charge in [0.1, 0.15) is 0 Å². The summed E-state index contributed by atoms with van der Waals surface area (Å²) in [7, 11) is 0. The SMILES string of the molecule is O=C(COC(=O)c1ccc(N2C(=O)CCC2=O)cc1)c1ccc2c(c1)CCCC2. The molecular formula is C23H21NO5. The number of aryl methyl sites for hydroxylation is 2. The Morgan fingerprint density at radius 3 is 2.10 bits per heavy atom. The minimum absolute atomic E-state index is 0.202. The number of carbonyl (C=O) groups is 4. The molecule has 2 aromatic carbocycles. The van der Waals surface area contributed by atoms with Crippen molar-refractivity contribution in [2.24, 2.45) is 0 Å². The summed E-state index contributed by atoms with van der Waals surface area (Å²) in [6.07, 6.45) is 4.73. The van der Waals surface area contributed by atoms with Gasteiger partial charge < -0.3 is 4.74 Å². The first-order valence-electron chi connectivity index (χ1n) is 9.81. The van der Waals surface area contributed by atoms with Gasteiger partial charge in [-0.05, 0) is 67.1 Å². The molecule has 2 aliphatic rings. The van der Waals surface area contributed by atoms with Crippen LogP contribution in [0.15, 0.2) is 42.5 Å². The number of amides is 2. The highest BCUT2D eigenvalue weighted by Crippen LogP contribution is 2.24. The van der Waals surface area contributed by atoms with E-state index in [0.29, 0.717) is 11.3 Å². The number of hydrogen-bond donors (Lipinski definition) is 0. The lowest BCUT2D eigenvalue weighted by atomic mass is 9.90. The lowest BCUT2D eigenvalue weighted by Crippen LogP contribution is -2.28. The molecule has 6 nitrogen and oxygen atoms in total. The third kappa shape index (κ3) is 3.97. The number of Topliss-reactive ketones (excluding diaryl/α,β-unsaturated/α-hetero) is 1. The maximum atomic E-state index is 12.4. The van der Waals surface area contributed by atoms with Gasteiger partial charge in [-0.2, -0.15) is 0 Å². The van der Waals surface area contributed by atoms with E-state index in [1.165, 1.54) is 41.8 Å². The summed E-state index contributed by atoms with van der Waals surface area (Å²) < 4.78 is 5.16. The van der Waals surface area contributed by atoms with Crippen molar-refractivity contribution in [2.45, 2.75) is 38.5 Å². The van der Waals surface area contributed by atoms with Crippen LogP contribution in [0.25, 0.3) is 0 Å². The van der Waals surface area contributed by atoms with E-state index in [1.807, 2.05) is 12.1 Å². The van der Waals surface area contributed by atoms with E-state index in [2.05, 4.69) is 0 Å². The van der Waals surface area contributed by atoms with E-state index in [9.17, 15) is 19.2 Å². The van der Waals surface area contributed by atoms with Crippen LogP contribution in [0.2, 0.25) is 0 Å². The summed E-state index contributed by atoms with van der Waals surface area (Å²) in [6, 6.07) is 11.7. The van der Waals surface area contributed by atoms with Gasteiger partial charge in [0.25, 0.3) is 0 Å². The van der Waals surface area contributed by atoms with Crippen LogP contribution in [0, 0.1) is 0 Å². The molecule has 4 rings (SSSR count). The molecule has 2 amide bonds. The number of nitrogens with zero attached hydrogens (tertiary/aromatic N) is 1. The topological polar surface area (TPSA) is 80.8 Å². The van der Waals surface area contributed by atoms with Crippen LogP contribution in [0.3, 0.4) is 0 Å². The Labute approximate surface area is 168 Å². The van der Waals surface area contributed by atoms with Crippen LogP contribution >= 0.6 is 0 Å². The molecule has 0 unspecified atom stereocenters. The summed E-state index contributed by atoms with van der Waals surface area (Å²) >= 11 is 0. The second kappa shape index (κ2) is 7.99. The summed E-state index contributed by atoms with van der Waals surface area (Å²) in [5, 5.41) is 0. The van der Waals surface area contributed by atoms with E-state index in [1.54, 1.807) is 6.07 Å². The third-order valence-corrected chi connectivity index (χ3v) is 5.42. The van der Waals surface area contributed by atoms with Gasteiger partial charge in [-0.25, -0.2) is 4.79 Å². The molecule has 0 N–H and O–H groups in total. The van der Waals surface area contributed by atoms with Crippen molar-refractivity contribution >= 4 is 29.3 Å². The van der Waals surface area contributed by atoms with Gasteiger partial charge in [0.15, 0.2) is 12.4 Å². The molecule has 0 atom stereocenters. The average molecular weight is 391 g/mol. The van der Waals surface area contributed by atoms with Crippen molar-refractivity contribution in [2.75, 3.05) is 11.5 Å². The standard InChI is InChI=1S/C23H21NO5/c25-20(18-6-5-15-3-1-2-4-17(15)13-18)14-29-23(28)16-7-9-19(10-8-16)24-21(26)11-12-22(24)27/h5-10,13H,1-4,11-12,14H2. The van der Waals surface area contributed by atoms with Crippen LogP contribution in [0.1, 0.15) is 57.5 Å². The number of anilines is 1. The molecule has 0 bridgehead atoms. The monoisotopic (exact) mass is 391 g/mol. The van der Waals surface area contributed by atoms with E-state index in [-0.39, 0.29) is 42.6 Å². The first kappa shape index (κ1) is 19.1. The summed E-state index contributed by atoms with van der Waals surface area (Å²) in [4.78, 5) is 49.3. The second-order valence-corrected chi connectivity index (χ2v) is 7.36. The van der Waals surface area contributed by atoms with Crippen LogP contribution < -0.4 is 4.90 Å². The van der Waals surface area contributed by atoms with Crippen molar-refractivity contribution in [3.63, 3.8) is 0 Å². The van der Waals surface area contributed by atoms with Gasteiger partial charge in [-0.15, -0.1) is 0 Å². The van der Waals surface area contributed by atoms with Crippen LogP contribution in [-0.4, -0.2) is 30.2 Å². The van der Waals surface area contributed by atoms with Crippen molar-refractivity contribution in [3.8, 4) is 0 Å². The normalized spacial score (nSPS) is 15.9. The Morgan fingerprint density at radius 2 is 1.41 bits per heavy atom. The van der Waals surface area contributed by atoms with Gasteiger partial charge >= 0.3 is 5.97 Å². The molecule has 1 fully saturated rings. The molecule has 0 saturated carbocycles. The Morgan fingerprint density at radius 1 is 0.793 bits per heavy atom. The number of ether oxygens (including phenoxy) is 1. The van der Waals surface area contributed by atoms with E-state index in [4.69, 9.17) is 4.74 Å². The molecule has 2 aromatic rings. The molecule has 29 heavy (non-hydrogen) atoms. The molecule has 1 heterocycles. The Kier molecular flexibility index (Phi) is 5.25. The molecule has 1 saturated heterocycles. The van der Waals surface area contributed by atoms with Crippen molar-refractivity contribution in [1.29, 1.82) is 0 Å². The van der Waals surface area contributed by atoms with Gasteiger partial charge in [-0.1, -0.05) is 12.1 Å². The highest BCUT2D eigenvalue weighted by molar-refractivity contribution is 6.19. The molecule has 6 heteroatoms. The fourth-order valence-corrected chi connectivity index (χ4v) is 3.82. The fourth-order valence-electron chi connectivity index (χ4n) is 3.82. The first-order chi connectivity index (χ1) is 14.0. The highest BCUT2D eigenvalue weighted by Gasteiger charge is 2.30. The van der Waals surface area contributed by atoms with Gasteiger partial charge in [-0.3, -0.25) is 19.3 Å². The van der Waals surface area contributed by atoms with Crippen molar-refractivity contribution < 1.29 is 23.9 Å². The number of carbonyl (C=O) groups excluding carboxylic acids is 4. The van der Waals surface area contributed by atoms with Crippen molar-refractivity contribution in [1.82, 2.24) is 0 Å². The fraction of sp³-hybridized carbons (Fsp3) is 0.304. The predicted molar refractivity (Wildman–Crippen MR) is 106 cm³/mol. The first-order valence-corrected chi connectivity index (χ1v) is 9.81. The highest BCUT2D eigenvalue weighted by atomic mass is 16.5. The number of fused-ring (bicyclic) bond motifs is 1. The molecule has 0 spiro atoms. The maximum absolute atomic E-state index is 12.4. The molecular weight excluding hydrogens is 370 g/mol. The number of ketones is 1. The summed E-state index contributed by atoms with van der Waals surface area (Å²) in [6.45, 7) is -0.331. The Balaban J connectivity index is 1.37. The van der Waals surface area contributed by atoms with Gasteiger partial charge in [0.2, 0.25) is 11.8 Å². The lowest BCUT2D eigenvalue weighted by Gasteiger charge is -2.16.